The number of carbonyl (C=O) groups is 1. The van der Waals surface area contributed by atoms with Crippen molar-refractivity contribution in [3.63, 3.8) is 0 Å². The number of carbonyl (C=O) groups excluding carboxylic acids is 1. The van der Waals surface area contributed by atoms with Crippen molar-refractivity contribution in [2.45, 2.75) is 37.6 Å². The zero-order chi connectivity index (χ0) is 16.8. The Kier molecular flexibility index (Phi) is 5.87. The molecule has 0 bridgehead atoms. The van der Waals surface area contributed by atoms with Gasteiger partial charge < -0.3 is 14.6 Å². The van der Waals surface area contributed by atoms with Crippen molar-refractivity contribution < 1.29 is 9.53 Å². The molecule has 0 spiro atoms. The van der Waals surface area contributed by atoms with E-state index in [0.717, 1.165) is 30.4 Å². The molecule has 1 N–H and O–H groups in total. The van der Waals surface area contributed by atoms with Gasteiger partial charge in [0.15, 0.2) is 5.16 Å². The summed E-state index contributed by atoms with van der Waals surface area (Å²) >= 11 is 1.41. The van der Waals surface area contributed by atoms with E-state index in [-0.39, 0.29) is 12.0 Å². The lowest BCUT2D eigenvalue weighted by atomic mass is 10.2. The van der Waals surface area contributed by atoms with Gasteiger partial charge in [0, 0.05) is 13.2 Å². The summed E-state index contributed by atoms with van der Waals surface area (Å²) in [6.07, 6.45) is 2.28. The summed E-state index contributed by atoms with van der Waals surface area (Å²) in [6, 6.07) is 10.2. The van der Waals surface area contributed by atoms with Crippen molar-refractivity contribution in [2.24, 2.45) is 0 Å². The first kappa shape index (κ1) is 17.0. The molecular formula is C17H22N4O2S. The fourth-order valence-corrected chi connectivity index (χ4v) is 3.44. The third-order valence-corrected chi connectivity index (χ3v) is 4.94. The minimum absolute atomic E-state index is 0.00224. The summed E-state index contributed by atoms with van der Waals surface area (Å²) < 4.78 is 7.54. The Morgan fingerprint density at radius 2 is 2.21 bits per heavy atom. The Morgan fingerprint density at radius 1 is 1.38 bits per heavy atom. The first-order chi connectivity index (χ1) is 11.7. The SMILES string of the molecule is Cc1nnc(SCC(=O)NC[C@H]2CCCO2)n1Cc1ccccc1. The molecule has 1 saturated heterocycles. The highest BCUT2D eigenvalue weighted by atomic mass is 32.2. The van der Waals surface area contributed by atoms with Crippen LogP contribution in [0.5, 0.6) is 0 Å². The van der Waals surface area contributed by atoms with Gasteiger partial charge in [-0.2, -0.15) is 0 Å². The van der Waals surface area contributed by atoms with Crippen molar-refractivity contribution in [1.82, 2.24) is 20.1 Å². The minimum atomic E-state index is 0.00224. The first-order valence-corrected chi connectivity index (χ1v) is 9.16. The van der Waals surface area contributed by atoms with Crippen molar-refractivity contribution in [1.29, 1.82) is 0 Å². The number of nitrogens with zero attached hydrogens (tertiary/aromatic N) is 3. The Bertz CT molecular complexity index is 668. The molecular weight excluding hydrogens is 324 g/mol. The van der Waals surface area contributed by atoms with Crippen LogP contribution in [0.25, 0.3) is 0 Å². The Hall–Kier alpha value is -1.86. The lowest BCUT2D eigenvalue weighted by Gasteiger charge is -2.11. The van der Waals surface area contributed by atoms with Crippen LogP contribution in [-0.2, 0) is 16.1 Å². The number of thioether (sulfide) groups is 1. The van der Waals surface area contributed by atoms with Gasteiger partial charge in [0.1, 0.15) is 5.82 Å². The number of aromatic nitrogens is 3. The van der Waals surface area contributed by atoms with E-state index in [9.17, 15) is 4.79 Å². The van der Waals surface area contributed by atoms with Crippen molar-refractivity contribution in [2.75, 3.05) is 18.9 Å². The van der Waals surface area contributed by atoms with Crippen LogP contribution in [0.15, 0.2) is 35.5 Å². The van der Waals surface area contributed by atoms with Crippen LogP contribution >= 0.6 is 11.8 Å². The molecule has 0 saturated carbocycles. The summed E-state index contributed by atoms with van der Waals surface area (Å²) in [4.78, 5) is 12.0. The standard InChI is InChI=1S/C17H22N4O2S/c1-13-19-20-17(21(13)11-14-6-3-2-4-7-14)24-12-16(22)18-10-15-8-5-9-23-15/h2-4,6-7,15H,5,8-12H2,1H3,(H,18,22)/t15-/m1/s1. The van der Waals surface area contributed by atoms with Gasteiger partial charge in [0.25, 0.3) is 0 Å². The number of benzene rings is 1. The maximum absolute atomic E-state index is 12.0. The highest BCUT2D eigenvalue weighted by molar-refractivity contribution is 7.99. The number of nitrogens with one attached hydrogen (secondary N) is 1. The van der Waals surface area contributed by atoms with Gasteiger partial charge in [-0.1, -0.05) is 42.1 Å². The summed E-state index contributed by atoms with van der Waals surface area (Å²) in [5.74, 6) is 1.18. The quantitative estimate of drug-likeness (QED) is 0.777. The maximum atomic E-state index is 12.0. The zero-order valence-electron chi connectivity index (χ0n) is 13.8. The van der Waals surface area contributed by atoms with E-state index in [0.29, 0.717) is 18.8 Å². The molecule has 7 heteroatoms. The summed E-state index contributed by atoms with van der Waals surface area (Å²) in [5.41, 5.74) is 1.19. The number of ether oxygens (including phenoxy) is 1. The average molecular weight is 346 g/mol. The molecule has 0 radical (unpaired) electrons. The predicted molar refractivity (Wildman–Crippen MR) is 93.0 cm³/mol. The Balaban J connectivity index is 1.52. The highest BCUT2D eigenvalue weighted by Crippen LogP contribution is 2.18. The fourth-order valence-electron chi connectivity index (χ4n) is 2.63. The summed E-state index contributed by atoms with van der Waals surface area (Å²) in [7, 11) is 0. The van der Waals surface area contributed by atoms with Gasteiger partial charge in [0.2, 0.25) is 5.91 Å². The molecule has 3 rings (SSSR count). The predicted octanol–water partition coefficient (Wildman–Crippen LogP) is 2.02. The molecule has 6 nitrogen and oxygen atoms in total. The minimum Gasteiger partial charge on any atom is -0.376 e. The molecule has 2 aromatic rings. The Labute approximate surface area is 146 Å². The van der Waals surface area contributed by atoms with Crippen LogP contribution in [-0.4, -0.2) is 45.7 Å². The molecule has 1 atom stereocenters. The fraction of sp³-hybridized carbons (Fsp3) is 0.471. The number of hydrogen-bond acceptors (Lipinski definition) is 5. The molecule has 24 heavy (non-hydrogen) atoms. The van der Waals surface area contributed by atoms with Crippen LogP contribution in [0.2, 0.25) is 0 Å². The number of amides is 1. The van der Waals surface area contributed by atoms with E-state index < -0.39 is 0 Å². The van der Waals surface area contributed by atoms with Crippen molar-refractivity contribution >= 4 is 17.7 Å². The second-order valence-electron chi connectivity index (χ2n) is 5.83. The first-order valence-electron chi connectivity index (χ1n) is 8.17. The Morgan fingerprint density at radius 3 is 2.96 bits per heavy atom. The highest BCUT2D eigenvalue weighted by Gasteiger charge is 2.17. The molecule has 128 valence electrons. The topological polar surface area (TPSA) is 69.0 Å². The van der Waals surface area contributed by atoms with Crippen molar-refractivity contribution in [3.8, 4) is 0 Å². The van der Waals surface area contributed by atoms with Crippen LogP contribution in [0, 0.1) is 6.92 Å². The van der Waals surface area contributed by atoms with Gasteiger partial charge in [-0.15, -0.1) is 10.2 Å². The van der Waals surface area contributed by atoms with Gasteiger partial charge in [0.05, 0.1) is 18.4 Å². The molecule has 2 heterocycles. The van der Waals surface area contributed by atoms with E-state index in [1.165, 1.54) is 17.3 Å². The second kappa shape index (κ2) is 8.30. The third kappa shape index (κ3) is 4.58. The van der Waals surface area contributed by atoms with Crippen molar-refractivity contribution in [3.05, 3.63) is 41.7 Å². The van der Waals surface area contributed by atoms with Crippen LogP contribution in [0.3, 0.4) is 0 Å². The largest absolute Gasteiger partial charge is 0.376 e. The molecule has 0 aliphatic carbocycles. The van der Waals surface area contributed by atoms with E-state index in [1.807, 2.05) is 29.7 Å². The van der Waals surface area contributed by atoms with E-state index >= 15 is 0 Å². The lowest BCUT2D eigenvalue weighted by molar-refractivity contribution is -0.119. The molecule has 1 aromatic carbocycles. The van der Waals surface area contributed by atoms with Crippen LogP contribution in [0.1, 0.15) is 24.2 Å². The zero-order valence-corrected chi connectivity index (χ0v) is 14.6. The van der Waals surface area contributed by atoms with E-state index in [4.69, 9.17) is 4.74 Å². The number of aryl methyl sites for hydroxylation is 1. The maximum Gasteiger partial charge on any atom is 0.230 e. The molecule has 1 aromatic heterocycles. The summed E-state index contributed by atoms with van der Waals surface area (Å²) in [5, 5.41) is 12.0. The van der Waals surface area contributed by atoms with Gasteiger partial charge >= 0.3 is 0 Å². The smallest absolute Gasteiger partial charge is 0.230 e. The second-order valence-corrected chi connectivity index (χ2v) is 6.77. The average Bonchev–Trinajstić information content (AvgIpc) is 3.23. The molecule has 1 amide bonds. The normalized spacial score (nSPS) is 17.1. The molecule has 1 aliphatic heterocycles. The van der Waals surface area contributed by atoms with Gasteiger partial charge in [-0.05, 0) is 25.3 Å². The number of rotatable bonds is 7. The summed E-state index contributed by atoms with van der Waals surface area (Å²) in [6.45, 7) is 4.03. The van der Waals surface area contributed by atoms with Gasteiger partial charge in [-0.25, -0.2) is 0 Å². The number of hydrogen-bond donors (Lipinski definition) is 1. The van der Waals surface area contributed by atoms with Crippen LogP contribution < -0.4 is 5.32 Å². The molecule has 1 fully saturated rings. The van der Waals surface area contributed by atoms with Gasteiger partial charge in [-0.3, -0.25) is 4.79 Å². The monoisotopic (exact) mass is 346 g/mol. The third-order valence-electron chi connectivity index (χ3n) is 3.97. The van der Waals surface area contributed by atoms with E-state index in [1.54, 1.807) is 0 Å². The molecule has 1 aliphatic rings. The van der Waals surface area contributed by atoms with Crippen LogP contribution in [0.4, 0.5) is 0 Å². The molecule has 0 unspecified atom stereocenters. The lowest BCUT2D eigenvalue weighted by Crippen LogP contribution is -2.32. The van der Waals surface area contributed by atoms with E-state index in [2.05, 4.69) is 27.6 Å².